The molecular weight excluding hydrogens is 238 g/mol. The number of hydrogen-bond donors (Lipinski definition) is 2. The van der Waals surface area contributed by atoms with Crippen LogP contribution in [0.3, 0.4) is 0 Å². The summed E-state index contributed by atoms with van der Waals surface area (Å²) in [5.74, 6) is -0.118. The lowest BCUT2D eigenvalue weighted by molar-refractivity contribution is 0.0948. The topological polar surface area (TPSA) is 77.2 Å². The van der Waals surface area contributed by atoms with Gasteiger partial charge in [-0.25, -0.2) is 4.98 Å². The maximum absolute atomic E-state index is 11.6. The zero-order valence-electron chi connectivity index (χ0n) is 10.1. The molecule has 0 saturated carbocycles. The third-order valence-corrected chi connectivity index (χ3v) is 3.14. The molecule has 1 amide bonds. The molecule has 0 unspecified atom stereocenters. The number of nitrogens with zero attached hydrogens (tertiary/aromatic N) is 1. The first-order valence-electron chi connectivity index (χ1n) is 5.69. The Balaban J connectivity index is 2.16. The molecule has 0 radical (unpaired) electrons. The highest BCUT2D eigenvalue weighted by Gasteiger charge is 2.08. The highest BCUT2D eigenvalue weighted by Crippen LogP contribution is 2.08. The molecule has 1 rings (SSSR count). The van der Waals surface area contributed by atoms with Crippen molar-refractivity contribution in [3.63, 3.8) is 0 Å². The van der Waals surface area contributed by atoms with Crippen LogP contribution in [0.1, 0.15) is 34.8 Å². The van der Waals surface area contributed by atoms with Crippen molar-refractivity contribution in [3.8, 4) is 0 Å². The van der Waals surface area contributed by atoms with Gasteiger partial charge in [0.25, 0.3) is 5.91 Å². The third kappa shape index (κ3) is 5.25. The fourth-order valence-electron chi connectivity index (χ4n) is 1.35. The van der Waals surface area contributed by atoms with Gasteiger partial charge < -0.3 is 15.8 Å². The number of rotatable bonds is 8. The van der Waals surface area contributed by atoms with Crippen molar-refractivity contribution in [1.29, 1.82) is 0 Å². The molecular formula is C11H19N3O2S. The predicted octanol–water partition coefficient (Wildman–Crippen LogP) is 1.15. The molecule has 1 aromatic rings. The number of methoxy groups -OCH3 is 1. The molecule has 0 aliphatic carbocycles. The average Bonchev–Trinajstić information content (AvgIpc) is 2.82. The zero-order valence-corrected chi connectivity index (χ0v) is 10.9. The monoisotopic (exact) mass is 257 g/mol. The van der Waals surface area contributed by atoms with Gasteiger partial charge in [-0.15, -0.1) is 11.3 Å². The van der Waals surface area contributed by atoms with Gasteiger partial charge in [-0.1, -0.05) is 0 Å². The van der Waals surface area contributed by atoms with Gasteiger partial charge in [-0.2, -0.15) is 0 Å². The Morgan fingerprint density at radius 1 is 1.53 bits per heavy atom. The lowest BCUT2D eigenvalue weighted by atomic mass is 10.2. The van der Waals surface area contributed by atoms with Crippen molar-refractivity contribution in [2.45, 2.75) is 25.8 Å². The van der Waals surface area contributed by atoms with E-state index in [9.17, 15) is 4.79 Å². The van der Waals surface area contributed by atoms with Crippen LogP contribution in [-0.4, -0.2) is 31.2 Å². The molecule has 17 heavy (non-hydrogen) atoms. The number of ether oxygens (including phenoxy) is 1. The highest BCUT2D eigenvalue weighted by molar-refractivity contribution is 7.09. The van der Waals surface area contributed by atoms with E-state index in [1.165, 1.54) is 11.3 Å². The second-order valence-corrected chi connectivity index (χ2v) is 4.58. The molecule has 1 aromatic heterocycles. The van der Waals surface area contributed by atoms with Gasteiger partial charge in [-0.3, -0.25) is 4.79 Å². The summed E-state index contributed by atoms with van der Waals surface area (Å²) in [5.41, 5.74) is 5.90. The molecule has 0 spiro atoms. The van der Waals surface area contributed by atoms with Crippen molar-refractivity contribution in [2.75, 3.05) is 20.3 Å². The number of aromatic nitrogens is 1. The van der Waals surface area contributed by atoms with Crippen LogP contribution in [-0.2, 0) is 11.3 Å². The SMILES string of the molecule is COCCCCCNC(=O)c1csc(CN)n1. The van der Waals surface area contributed by atoms with Gasteiger partial charge in [0.1, 0.15) is 10.7 Å². The van der Waals surface area contributed by atoms with Crippen LogP contribution in [0.2, 0.25) is 0 Å². The van der Waals surface area contributed by atoms with Crippen molar-refractivity contribution < 1.29 is 9.53 Å². The van der Waals surface area contributed by atoms with E-state index < -0.39 is 0 Å². The van der Waals surface area contributed by atoms with Crippen molar-refractivity contribution in [2.24, 2.45) is 5.73 Å². The molecule has 0 fully saturated rings. The Kier molecular flexibility index (Phi) is 6.76. The first kappa shape index (κ1) is 14.1. The third-order valence-electron chi connectivity index (χ3n) is 2.27. The zero-order chi connectivity index (χ0) is 12.5. The van der Waals surface area contributed by atoms with Gasteiger partial charge in [-0.05, 0) is 19.3 Å². The normalized spacial score (nSPS) is 10.5. The van der Waals surface area contributed by atoms with Gasteiger partial charge >= 0.3 is 0 Å². The molecule has 0 aliphatic heterocycles. The number of hydrogen-bond acceptors (Lipinski definition) is 5. The maximum Gasteiger partial charge on any atom is 0.270 e. The molecule has 0 atom stereocenters. The van der Waals surface area contributed by atoms with Gasteiger partial charge in [0.2, 0.25) is 0 Å². The summed E-state index contributed by atoms with van der Waals surface area (Å²) in [6, 6.07) is 0. The lowest BCUT2D eigenvalue weighted by Gasteiger charge is -2.02. The largest absolute Gasteiger partial charge is 0.385 e. The Bertz CT molecular complexity index is 341. The van der Waals surface area contributed by atoms with Crippen LogP contribution in [0.25, 0.3) is 0 Å². The first-order chi connectivity index (χ1) is 8.27. The van der Waals surface area contributed by atoms with Gasteiger partial charge in [0.15, 0.2) is 0 Å². The molecule has 96 valence electrons. The van der Waals surface area contributed by atoms with E-state index in [1.54, 1.807) is 12.5 Å². The second-order valence-electron chi connectivity index (χ2n) is 3.64. The summed E-state index contributed by atoms with van der Waals surface area (Å²) >= 11 is 1.41. The van der Waals surface area contributed by atoms with Crippen LogP contribution >= 0.6 is 11.3 Å². The molecule has 0 aliphatic rings. The molecule has 5 nitrogen and oxygen atoms in total. The van der Waals surface area contributed by atoms with E-state index in [4.69, 9.17) is 10.5 Å². The average molecular weight is 257 g/mol. The molecule has 0 aromatic carbocycles. The molecule has 0 saturated heterocycles. The van der Waals surface area contributed by atoms with Crippen LogP contribution in [0.15, 0.2) is 5.38 Å². The summed E-state index contributed by atoms with van der Waals surface area (Å²) in [6.07, 6.45) is 3.04. The van der Waals surface area contributed by atoms with E-state index in [0.717, 1.165) is 30.9 Å². The molecule has 1 heterocycles. The summed E-state index contributed by atoms with van der Waals surface area (Å²) < 4.78 is 4.95. The van der Waals surface area contributed by atoms with Gasteiger partial charge in [0, 0.05) is 32.2 Å². The van der Waals surface area contributed by atoms with Crippen LogP contribution in [0.5, 0.6) is 0 Å². The quantitative estimate of drug-likeness (QED) is 0.685. The number of carbonyl (C=O) groups is 1. The first-order valence-corrected chi connectivity index (χ1v) is 6.57. The fourth-order valence-corrected chi connectivity index (χ4v) is 2.00. The summed E-state index contributed by atoms with van der Waals surface area (Å²) in [6.45, 7) is 1.84. The molecule has 0 bridgehead atoms. The minimum atomic E-state index is -0.118. The standard InChI is InChI=1S/C11H19N3O2S/c1-16-6-4-2-3-5-13-11(15)9-8-17-10(7-12)14-9/h8H,2-7,12H2,1H3,(H,13,15). The Labute approximate surface area is 105 Å². The Hall–Kier alpha value is -0.980. The minimum absolute atomic E-state index is 0.118. The Morgan fingerprint density at radius 2 is 2.35 bits per heavy atom. The molecule has 6 heteroatoms. The van der Waals surface area contributed by atoms with Crippen LogP contribution in [0, 0.1) is 0 Å². The summed E-state index contributed by atoms with van der Waals surface area (Å²) in [5, 5.41) is 5.36. The maximum atomic E-state index is 11.6. The van der Waals surface area contributed by atoms with E-state index >= 15 is 0 Å². The van der Waals surface area contributed by atoms with Crippen LogP contribution in [0.4, 0.5) is 0 Å². The minimum Gasteiger partial charge on any atom is -0.385 e. The number of unbranched alkanes of at least 4 members (excludes halogenated alkanes) is 2. The van der Waals surface area contributed by atoms with E-state index in [2.05, 4.69) is 10.3 Å². The smallest absolute Gasteiger partial charge is 0.270 e. The van der Waals surface area contributed by atoms with E-state index in [1.807, 2.05) is 0 Å². The molecule has 3 N–H and O–H groups in total. The predicted molar refractivity (Wildman–Crippen MR) is 68.1 cm³/mol. The van der Waals surface area contributed by atoms with E-state index in [0.29, 0.717) is 18.8 Å². The Morgan fingerprint density at radius 3 is 3.00 bits per heavy atom. The van der Waals surface area contributed by atoms with Crippen molar-refractivity contribution in [3.05, 3.63) is 16.1 Å². The van der Waals surface area contributed by atoms with Crippen molar-refractivity contribution >= 4 is 17.2 Å². The second kappa shape index (κ2) is 8.16. The number of amides is 1. The van der Waals surface area contributed by atoms with Gasteiger partial charge in [0.05, 0.1) is 0 Å². The van der Waals surface area contributed by atoms with Crippen molar-refractivity contribution in [1.82, 2.24) is 10.3 Å². The number of nitrogens with two attached hydrogens (primary N) is 1. The highest BCUT2D eigenvalue weighted by atomic mass is 32.1. The fraction of sp³-hybridized carbons (Fsp3) is 0.636. The number of carbonyl (C=O) groups excluding carboxylic acids is 1. The lowest BCUT2D eigenvalue weighted by Crippen LogP contribution is -2.24. The number of thiazole rings is 1. The summed E-state index contributed by atoms with van der Waals surface area (Å²) in [7, 11) is 1.69. The summed E-state index contributed by atoms with van der Waals surface area (Å²) in [4.78, 5) is 15.7. The van der Waals surface area contributed by atoms with E-state index in [-0.39, 0.29) is 5.91 Å². The van der Waals surface area contributed by atoms with Crippen LogP contribution < -0.4 is 11.1 Å². The number of nitrogens with one attached hydrogen (secondary N) is 1.